The Hall–Kier alpha value is -4.06. The normalized spacial score (nSPS) is 11.4. The molecule has 0 saturated heterocycles. The van der Waals surface area contributed by atoms with Gasteiger partial charge in [-0.2, -0.15) is 13.5 Å². The Balaban J connectivity index is 1.81. The lowest BCUT2D eigenvalue weighted by Crippen LogP contribution is -2.11. The molecule has 1 heterocycles. The summed E-state index contributed by atoms with van der Waals surface area (Å²) >= 11 is 0. The number of aryl methyl sites for hydroxylation is 3. The highest BCUT2D eigenvalue weighted by Crippen LogP contribution is 2.31. The highest BCUT2D eigenvalue weighted by molar-refractivity contribution is 7.87. The van der Waals surface area contributed by atoms with Gasteiger partial charge < -0.3 is 8.92 Å². The SMILES string of the molecule is COc1cc(C=NNc2nc(C)cc(C)n2)ccc1OS(=O)(=O)c1ccc(C)c([N+](=O)[O-])c1. The first-order valence-electron chi connectivity index (χ1n) is 9.58. The zero-order chi connectivity index (χ0) is 24.2. The maximum atomic E-state index is 12.7. The number of benzene rings is 2. The van der Waals surface area contributed by atoms with Crippen LogP contribution in [0.2, 0.25) is 0 Å². The fourth-order valence-electron chi connectivity index (χ4n) is 2.88. The van der Waals surface area contributed by atoms with E-state index in [9.17, 15) is 18.5 Å². The zero-order valence-corrected chi connectivity index (χ0v) is 19.1. The van der Waals surface area contributed by atoms with Crippen molar-refractivity contribution in [1.29, 1.82) is 0 Å². The van der Waals surface area contributed by atoms with Crippen molar-refractivity contribution < 1.29 is 22.3 Å². The van der Waals surface area contributed by atoms with Gasteiger partial charge in [-0.1, -0.05) is 6.07 Å². The van der Waals surface area contributed by atoms with Crippen molar-refractivity contribution in [3.63, 3.8) is 0 Å². The lowest BCUT2D eigenvalue weighted by atomic mass is 10.2. The van der Waals surface area contributed by atoms with Crippen molar-refractivity contribution in [2.75, 3.05) is 12.5 Å². The fourth-order valence-corrected chi connectivity index (χ4v) is 3.84. The molecule has 0 aliphatic rings. The van der Waals surface area contributed by atoms with Gasteiger partial charge in [0.2, 0.25) is 5.95 Å². The summed E-state index contributed by atoms with van der Waals surface area (Å²) < 4.78 is 35.8. The molecule has 11 nitrogen and oxygen atoms in total. The second kappa shape index (κ2) is 9.61. The zero-order valence-electron chi connectivity index (χ0n) is 18.3. The number of nitrogens with zero attached hydrogens (tertiary/aromatic N) is 4. The molecule has 33 heavy (non-hydrogen) atoms. The predicted molar refractivity (Wildman–Crippen MR) is 121 cm³/mol. The maximum Gasteiger partial charge on any atom is 0.339 e. The van der Waals surface area contributed by atoms with Crippen molar-refractivity contribution in [3.8, 4) is 11.5 Å². The quantitative estimate of drug-likeness (QED) is 0.225. The number of aromatic nitrogens is 2. The van der Waals surface area contributed by atoms with E-state index < -0.39 is 15.0 Å². The predicted octanol–water partition coefficient (Wildman–Crippen LogP) is 3.53. The van der Waals surface area contributed by atoms with Crippen LogP contribution in [0.5, 0.6) is 11.5 Å². The molecule has 0 bridgehead atoms. The number of methoxy groups -OCH3 is 1. The van der Waals surface area contributed by atoms with Crippen molar-refractivity contribution in [3.05, 3.63) is 75.1 Å². The Morgan fingerprint density at radius 1 is 1.03 bits per heavy atom. The van der Waals surface area contributed by atoms with Crippen LogP contribution in [0.15, 0.2) is 52.5 Å². The van der Waals surface area contributed by atoms with Crippen molar-refractivity contribution in [2.45, 2.75) is 25.7 Å². The summed E-state index contributed by atoms with van der Waals surface area (Å²) in [5, 5.41) is 15.2. The van der Waals surface area contributed by atoms with Crippen LogP contribution < -0.4 is 14.3 Å². The van der Waals surface area contributed by atoms with Gasteiger partial charge in [-0.15, -0.1) is 0 Å². The van der Waals surface area contributed by atoms with E-state index in [1.54, 1.807) is 6.07 Å². The van der Waals surface area contributed by atoms with Gasteiger partial charge in [0.25, 0.3) is 5.69 Å². The molecule has 0 amide bonds. The Kier molecular flexibility index (Phi) is 6.87. The van der Waals surface area contributed by atoms with Gasteiger partial charge in [0.15, 0.2) is 11.5 Å². The topological polar surface area (TPSA) is 146 Å². The molecule has 0 fully saturated rings. The first kappa shape index (κ1) is 23.6. The molecule has 1 aromatic heterocycles. The number of hydrogen-bond acceptors (Lipinski definition) is 10. The van der Waals surface area contributed by atoms with Crippen LogP contribution in [0, 0.1) is 30.9 Å². The number of anilines is 1. The van der Waals surface area contributed by atoms with Gasteiger partial charge in [-0.05, 0) is 56.7 Å². The van der Waals surface area contributed by atoms with E-state index in [4.69, 9.17) is 8.92 Å². The Bertz CT molecular complexity index is 1320. The highest BCUT2D eigenvalue weighted by atomic mass is 32.2. The van der Waals surface area contributed by atoms with Gasteiger partial charge >= 0.3 is 10.1 Å². The molecule has 0 saturated carbocycles. The van der Waals surface area contributed by atoms with Gasteiger partial charge in [-0.25, -0.2) is 15.4 Å². The lowest BCUT2D eigenvalue weighted by molar-refractivity contribution is -0.385. The summed E-state index contributed by atoms with van der Waals surface area (Å²) in [6.45, 7) is 5.20. The minimum absolute atomic E-state index is 0.0801. The summed E-state index contributed by atoms with van der Waals surface area (Å²) in [7, 11) is -2.98. The number of hydrogen-bond donors (Lipinski definition) is 1. The Labute approximate surface area is 190 Å². The summed E-state index contributed by atoms with van der Waals surface area (Å²) in [4.78, 5) is 18.6. The highest BCUT2D eigenvalue weighted by Gasteiger charge is 2.23. The summed E-state index contributed by atoms with van der Waals surface area (Å²) in [5.74, 6) is 0.393. The van der Waals surface area contributed by atoms with E-state index >= 15 is 0 Å². The molecule has 3 aromatic rings. The van der Waals surface area contributed by atoms with E-state index in [-0.39, 0.29) is 22.1 Å². The van der Waals surface area contributed by atoms with Gasteiger partial charge in [-0.3, -0.25) is 10.1 Å². The van der Waals surface area contributed by atoms with E-state index in [1.165, 1.54) is 44.5 Å². The third-order valence-corrected chi connectivity index (χ3v) is 5.64. The summed E-state index contributed by atoms with van der Waals surface area (Å²) in [6.07, 6.45) is 1.48. The molecule has 12 heteroatoms. The molecule has 0 atom stereocenters. The molecule has 0 unspecified atom stereocenters. The first-order valence-corrected chi connectivity index (χ1v) is 11.0. The van der Waals surface area contributed by atoms with Gasteiger partial charge in [0.1, 0.15) is 4.90 Å². The van der Waals surface area contributed by atoms with E-state index in [0.29, 0.717) is 17.1 Å². The second-order valence-electron chi connectivity index (χ2n) is 7.00. The maximum absolute atomic E-state index is 12.7. The molecular formula is C21H21N5O6S. The monoisotopic (exact) mass is 471 g/mol. The molecule has 0 spiro atoms. The van der Waals surface area contributed by atoms with Crippen LogP contribution in [-0.2, 0) is 10.1 Å². The lowest BCUT2D eigenvalue weighted by Gasteiger charge is -2.11. The van der Waals surface area contributed by atoms with Crippen LogP contribution >= 0.6 is 0 Å². The van der Waals surface area contributed by atoms with Crippen molar-refractivity contribution >= 4 is 28.0 Å². The second-order valence-corrected chi connectivity index (χ2v) is 8.54. The van der Waals surface area contributed by atoms with Gasteiger partial charge in [0, 0.05) is 23.0 Å². The van der Waals surface area contributed by atoms with Crippen LogP contribution in [-0.4, -0.2) is 36.6 Å². The van der Waals surface area contributed by atoms with Crippen LogP contribution in [0.1, 0.15) is 22.5 Å². The number of nitro benzene ring substituents is 1. The van der Waals surface area contributed by atoms with Crippen LogP contribution in [0.25, 0.3) is 0 Å². The minimum Gasteiger partial charge on any atom is -0.493 e. The average Bonchev–Trinajstić information content (AvgIpc) is 2.73. The number of ether oxygens (including phenoxy) is 1. The standard InChI is InChI=1S/C21H21N5O6S/c1-13-5-7-17(11-18(13)26(27)28)33(29,30)32-19-8-6-16(10-20(19)31-4)12-22-25-21-23-14(2)9-15(3)24-21/h5-12H,1-4H3,(H,23,24,25). The van der Waals surface area contributed by atoms with Crippen LogP contribution in [0.4, 0.5) is 11.6 Å². The molecule has 0 radical (unpaired) electrons. The smallest absolute Gasteiger partial charge is 0.339 e. The molecule has 172 valence electrons. The van der Waals surface area contributed by atoms with Crippen molar-refractivity contribution in [2.24, 2.45) is 5.10 Å². The van der Waals surface area contributed by atoms with E-state index in [2.05, 4.69) is 20.5 Å². The molecular weight excluding hydrogens is 450 g/mol. The summed E-state index contributed by atoms with van der Waals surface area (Å²) in [6, 6.07) is 9.87. The third kappa shape index (κ3) is 5.80. The number of nitrogens with one attached hydrogen (secondary N) is 1. The Morgan fingerprint density at radius 2 is 1.73 bits per heavy atom. The number of rotatable bonds is 8. The van der Waals surface area contributed by atoms with Crippen molar-refractivity contribution in [1.82, 2.24) is 9.97 Å². The number of hydrazone groups is 1. The first-order chi connectivity index (χ1) is 15.6. The molecule has 0 aliphatic heterocycles. The van der Waals surface area contributed by atoms with E-state index in [1.807, 2.05) is 19.9 Å². The third-order valence-electron chi connectivity index (χ3n) is 4.41. The fraction of sp³-hybridized carbons (Fsp3) is 0.190. The van der Waals surface area contributed by atoms with Crippen LogP contribution in [0.3, 0.4) is 0 Å². The number of nitro groups is 1. The minimum atomic E-state index is -4.34. The molecule has 2 aromatic carbocycles. The molecule has 1 N–H and O–H groups in total. The Morgan fingerprint density at radius 3 is 2.36 bits per heavy atom. The summed E-state index contributed by atoms with van der Waals surface area (Å²) in [5.41, 5.74) is 4.91. The van der Waals surface area contributed by atoms with Gasteiger partial charge in [0.05, 0.1) is 18.2 Å². The molecule has 3 rings (SSSR count). The average molecular weight is 471 g/mol. The van der Waals surface area contributed by atoms with E-state index in [0.717, 1.165) is 17.5 Å². The largest absolute Gasteiger partial charge is 0.493 e. The molecule has 0 aliphatic carbocycles.